The molecule has 0 unspecified atom stereocenters. The first-order valence-corrected chi connectivity index (χ1v) is 9.42. The van der Waals surface area contributed by atoms with Gasteiger partial charge in [0, 0.05) is 24.8 Å². The Morgan fingerprint density at radius 2 is 1.66 bits per heavy atom. The zero-order valence-electron chi connectivity index (χ0n) is 17.3. The lowest BCUT2D eigenvalue weighted by molar-refractivity contribution is -0.124. The Balaban J connectivity index is 1.77. The molecule has 0 atom stereocenters. The van der Waals surface area contributed by atoms with Gasteiger partial charge in [-0.15, -0.1) is 0 Å². The lowest BCUT2D eigenvalue weighted by Gasteiger charge is -2.17. The molecule has 0 spiro atoms. The van der Waals surface area contributed by atoms with Gasteiger partial charge in [-0.1, -0.05) is 24.3 Å². The predicted octanol–water partition coefficient (Wildman–Crippen LogP) is 1.85. The molecule has 7 nitrogen and oxygen atoms in total. The lowest BCUT2D eigenvalue weighted by atomic mass is 10.1. The smallest absolute Gasteiger partial charge is 0.251 e. The minimum atomic E-state index is -0.264. The van der Waals surface area contributed by atoms with Crippen molar-refractivity contribution in [3.8, 4) is 0 Å². The van der Waals surface area contributed by atoms with Crippen LogP contribution in [-0.2, 0) is 16.1 Å². The Morgan fingerprint density at radius 1 is 0.966 bits per heavy atom. The van der Waals surface area contributed by atoms with Gasteiger partial charge in [-0.05, 0) is 55.8 Å². The number of nitrogens with one attached hydrogen (secondary N) is 3. The van der Waals surface area contributed by atoms with Crippen molar-refractivity contribution in [3.63, 3.8) is 0 Å². The molecule has 0 bridgehead atoms. The fraction of sp³-hybridized carbons (Fsp3) is 0.318. The molecular formula is C22H28N4O3. The van der Waals surface area contributed by atoms with E-state index in [1.54, 1.807) is 19.2 Å². The number of anilines is 1. The normalized spacial score (nSPS) is 10.5. The van der Waals surface area contributed by atoms with Gasteiger partial charge in [-0.2, -0.15) is 0 Å². The maximum atomic E-state index is 12.1. The second-order valence-electron chi connectivity index (χ2n) is 7.02. The minimum absolute atomic E-state index is 0.0825. The lowest BCUT2D eigenvalue weighted by Crippen LogP contribution is -2.39. The van der Waals surface area contributed by atoms with Crippen LogP contribution in [0.3, 0.4) is 0 Å². The number of hydrogen-bond donors (Lipinski definition) is 3. The number of rotatable bonds is 8. The van der Waals surface area contributed by atoms with E-state index >= 15 is 0 Å². The second kappa shape index (κ2) is 10.4. The van der Waals surface area contributed by atoms with E-state index in [0.29, 0.717) is 12.1 Å². The Hall–Kier alpha value is -3.19. The van der Waals surface area contributed by atoms with E-state index < -0.39 is 0 Å². The van der Waals surface area contributed by atoms with E-state index in [2.05, 4.69) is 16.0 Å². The van der Waals surface area contributed by atoms with Crippen molar-refractivity contribution in [1.29, 1.82) is 0 Å². The Morgan fingerprint density at radius 3 is 2.31 bits per heavy atom. The molecule has 154 valence electrons. The summed E-state index contributed by atoms with van der Waals surface area (Å²) in [5, 5.41) is 8.04. The predicted molar refractivity (Wildman–Crippen MR) is 114 cm³/mol. The third-order valence-corrected chi connectivity index (χ3v) is 4.63. The highest BCUT2D eigenvalue weighted by Crippen LogP contribution is 2.17. The number of carbonyl (C=O) groups excluding carboxylic acids is 3. The van der Waals surface area contributed by atoms with Crippen LogP contribution in [0, 0.1) is 13.8 Å². The van der Waals surface area contributed by atoms with Crippen LogP contribution in [0.5, 0.6) is 0 Å². The third-order valence-electron chi connectivity index (χ3n) is 4.63. The molecule has 7 heteroatoms. The van der Waals surface area contributed by atoms with E-state index in [9.17, 15) is 14.4 Å². The summed E-state index contributed by atoms with van der Waals surface area (Å²) < 4.78 is 0. The van der Waals surface area contributed by atoms with Crippen LogP contribution < -0.4 is 16.0 Å². The first-order chi connectivity index (χ1) is 13.8. The molecule has 0 fully saturated rings. The van der Waals surface area contributed by atoms with E-state index in [0.717, 1.165) is 22.4 Å². The van der Waals surface area contributed by atoms with Crippen molar-refractivity contribution >= 4 is 23.4 Å². The van der Waals surface area contributed by atoms with Crippen LogP contribution in [0.25, 0.3) is 0 Å². The molecule has 0 aliphatic rings. The highest BCUT2D eigenvalue weighted by atomic mass is 16.2. The largest absolute Gasteiger partial charge is 0.355 e. The number of aryl methyl sites for hydroxylation is 1. The fourth-order valence-electron chi connectivity index (χ4n) is 2.83. The molecule has 0 aromatic heterocycles. The number of nitrogens with zero attached hydrogens (tertiary/aromatic N) is 1. The monoisotopic (exact) mass is 396 g/mol. The molecule has 0 radical (unpaired) electrons. The van der Waals surface area contributed by atoms with Crippen molar-refractivity contribution in [3.05, 3.63) is 64.7 Å². The molecule has 3 amide bonds. The minimum Gasteiger partial charge on any atom is -0.355 e. The topological polar surface area (TPSA) is 90.5 Å². The van der Waals surface area contributed by atoms with Crippen molar-refractivity contribution in [2.45, 2.75) is 20.4 Å². The van der Waals surface area contributed by atoms with Gasteiger partial charge in [0.05, 0.1) is 13.1 Å². The summed E-state index contributed by atoms with van der Waals surface area (Å²) in [4.78, 5) is 37.6. The van der Waals surface area contributed by atoms with E-state index in [1.165, 1.54) is 0 Å². The highest BCUT2D eigenvalue weighted by Gasteiger charge is 2.11. The number of benzene rings is 2. The molecule has 3 N–H and O–H groups in total. The van der Waals surface area contributed by atoms with Crippen LogP contribution in [0.4, 0.5) is 5.69 Å². The summed E-state index contributed by atoms with van der Waals surface area (Å²) >= 11 is 0. The SMILES string of the molecule is CNC(=O)c1ccc(CN(C)CC(=O)NCC(=O)Nc2cccc(C)c2C)cc1. The third kappa shape index (κ3) is 6.73. The summed E-state index contributed by atoms with van der Waals surface area (Å²) in [6.45, 7) is 4.55. The first kappa shape index (κ1) is 22.1. The molecule has 2 aromatic carbocycles. The number of carbonyl (C=O) groups is 3. The number of amides is 3. The fourth-order valence-corrected chi connectivity index (χ4v) is 2.83. The van der Waals surface area contributed by atoms with E-state index in [-0.39, 0.29) is 30.8 Å². The van der Waals surface area contributed by atoms with E-state index in [4.69, 9.17) is 0 Å². The summed E-state index contributed by atoms with van der Waals surface area (Å²) in [7, 11) is 3.41. The van der Waals surface area contributed by atoms with Gasteiger partial charge in [0.25, 0.3) is 5.91 Å². The van der Waals surface area contributed by atoms with Gasteiger partial charge in [0.2, 0.25) is 11.8 Å². The molecule has 0 aliphatic carbocycles. The molecule has 0 heterocycles. The second-order valence-corrected chi connectivity index (χ2v) is 7.02. The van der Waals surface area contributed by atoms with Crippen molar-refractivity contribution in [1.82, 2.24) is 15.5 Å². The Kier molecular flexibility index (Phi) is 7.91. The molecule has 2 rings (SSSR count). The standard InChI is InChI=1S/C22H28N4O3/c1-15-6-5-7-19(16(15)2)25-20(27)12-24-21(28)14-26(4)13-17-8-10-18(11-9-17)22(29)23-3/h5-11H,12-14H2,1-4H3,(H,23,29)(H,24,28)(H,25,27). The summed E-state index contributed by atoms with van der Waals surface area (Å²) in [6.07, 6.45) is 0. The quantitative estimate of drug-likeness (QED) is 0.635. The molecule has 0 aliphatic heterocycles. The molecule has 29 heavy (non-hydrogen) atoms. The zero-order valence-corrected chi connectivity index (χ0v) is 17.3. The molecule has 0 saturated heterocycles. The number of hydrogen-bond acceptors (Lipinski definition) is 4. The van der Waals surface area contributed by atoms with Gasteiger partial charge in [0.1, 0.15) is 0 Å². The van der Waals surface area contributed by atoms with Crippen LogP contribution in [-0.4, -0.2) is 49.8 Å². The van der Waals surface area contributed by atoms with Crippen LogP contribution in [0.1, 0.15) is 27.0 Å². The highest BCUT2D eigenvalue weighted by molar-refractivity contribution is 5.95. The maximum absolute atomic E-state index is 12.1. The van der Waals surface area contributed by atoms with Crippen molar-refractivity contribution < 1.29 is 14.4 Å². The van der Waals surface area contributed by atoms with Gasteiger partial charge >= 0.3 is 0 Å². The van der Waals surface area contributed by atoms with Gasteiger partial charge < -0.3 is 16.0 Å². The molecular weight excluding hydrogens is 368 g/mol. The maximum Gasteiger partial charge on any atom is 0.251 e. The van der Waals surface area contributed by atoms with E-state index in [1.807, 2.05) is 56.1 Å². The van der Waals surface area contributed by atoms with Crippen LogP contribution in [0.15, 0.2) is 42.5 Å². The average Bonchev–Trinajstić information content (AvgIpc) is 2.70. The first-order valence-electron chi connectivity index (χ1n) is 9.42. The summed E-state index contributed by atoms with van der Waals surface area (Å²) in [6, 6.07) is 12.9. The summed E-state index contributed by atoms with van der Waals surface area (Å²) in [5.74, 6) is -0.631. The van der Waals surface area contributed by atoms with Crippen molar-refractivity contribution in [2.24, 2.45) is 0 Å². The molecule has 2 aromatic rings. The zero-order chi connectivity index (χ0) is 21.4. The van der Waals surface area contributed by atoms with Crippen molar-refractivity contribution in [2.75, 3.05) is 32.5 Å². The van der Waals surface area contributed by atoms with Gasteiger partial charge in [-0.25, -0.2) is 0 Å². The molecule has 0 saturated carbocycles. The Labute approximate surface area is 171 Å². The summed E-state index contributed by atoms with van der Waals surface area (Å²) in [5.41, 5.74) is 4.43. The van der Waals surface area contributed by atoms with Gasteiger partial charge in [-0.3, -0.25) is 19.3 Å². The number of likely N-dealkylation sites (N-methyl/N-ethyl adjacent to an activating group) is 1. The Bertz CT molecular complexity index is 878. The average molecular weight is 396 g/mol. The van der Waals surface area contributed by atoms with Crippen LogP contribution in [0.2, 0.25) is 0 Å². The van der Waals surface area contributed by atoms with Gasteiger partial charge in [0.15, 0.2) is 0 Å². The van der Waals surface area contributed by atoms with Crippen LogP contribution >= 0.6 is 0 Å².